The zero-order valence-electron chi connectivity index (χ0n) is 15.5. The molecule has 0 radical (unpaired) electrons. The van der Waals surface area contributed by atoms with Crippen LogP contribution < -0.4 is 5.73 Å². The maximum absolute atomic E-state index is 12.9. The number of hydrogen-bond donors (Lipinski definition) is 1. The van der Waals surface area contributed by atoms with Crippen molar-refractivity contribution in [2.24, 2.45) is 5.73 Å². The van der Waals surface area contributed by atoms with Gasteiger partial charge in [-0.3, -0.25) is 9.69 Å². The second-order valence-corrected chi connectivity index (χ2v) is 7.04. The number of carbonyl (C=O) groups is 1. The van der Waals surface area contributed by atoms with E-state index in [0.29, 0.717) is 0 Å². The van der Waals surface area contributed by atoms with E-state index in [9.17, 15) is 4.79 Å². The molecule has 0 spiro atoms. The van der Waals surface area contributed by atoms with Crippen LogP contribution >= 0.6 is 0 Å². The summed E-state index contributed by atoms with van der Waals surface area (Å²) in [4.78, 5) is 17.1. The number of likely N-dealkylation sites (N-methyl/N-ethyl adjacent to an activating group) is 1. The molecule has 1 aliphatic rings. The van der Waals surface area contributed by atoms with Crippen molar-refractivity contribution < 1.29 is 4.79 Å². The lowest BCUT2D eigenvalue weighted by Gasteiger charge is -2.29. The molecule has 2 aromatic carbocycles. The highest BCUT2D eigenvalue weighted by Gasteiger charge is 2.36. The van der Waals surface area contributed by atoms with Gasteiger partial charge in [0.1, 0.15) is 0 Å². The molecule has 2 N–H and O–H groups in total. The van der Waals surface area contributed by atoms with Gasteiger partial charge in [-0.05, 0) is 49.1 Å². The van der Waals surface area contributed by atoms with Gasteiger partial charge in [0.05, 0.1) is 6.04 Å². The number of carbonyl (C=O) groups excluding carboxylic acids is 1. The first-order valence-corrected chi connectivity index (χ1v) is 9.30. The molecule has 0 bridgehead atoms. The van der Waals surface area contributed by atoms with Gasteiger partial charge in [0.15, 0.2) is 0 Å². The predicted molar refractivity (Wildman–Crippen MR) is 103 cm³/mol. The molecule has 3 rings (SSSR count). The molecule has 1 amide bonds. The van der Waals surface area contributed by atoms with E-state index >= 15 is 0 Å². The Morgan fingerprint density at radius 2 is 1.84 bits per heavy atom. The summed E-state index contributed by atoms with van der Waals surface area (Å²) in [5.74, 6) is 0.217. The summed E-state index contributed by atoms with van der Waals surface area (Å²) in [6.45, 7) is 9.27. The van der Waals surface area contributed by atoms with Crippen molar-refractivity contribution in [3.63, 3.8) is 0 Å². The third-order valence-corrected chi connectivity index (χ3v) is 5.40. The molecule has 0 unspecified atom stereocenters. The number of nitrogens with two attached hydrogens (primary N) is 1. The molecule has 0 saturated carbocycles. The molecule has 134 valence electrons. The lowest BCUT2D eigenvalue weighted by atomic mass is 10.0. The Kier molecular flexibility index (Phi) is 5.40. The van der Waals surface area contributed by atoms with E-state index < -0.39 is 0 Å². The average Bonchev–Trinajstić information content (AvgIpc) is 2.97. The highest BCUT2D eigenvalue weighted by Crippen LogP contribution is 2.27. The molecule has 1 saturated heterocycles. The third kappa shape index (κ3) is 3.55. The lowest BCUT2D eigenvalue weighted by Crippen LogP contribution is -2.45. The monoisotopic (exact) mass is 339 g/mol. The largest absolute Gasteiger partial charge is 0.342 e. The van der Waals surface area contributed by atoms with E-state index in [1.165, 1.54) is 21.9 Å². The fourth-order valence-corrected chi connectivity index (χ4v) is 4.01. The summed E-state index contributed by atoms with van der Waals surface area (Å²) in [6.07, 6.45) is 0.749. The quantitative estimate of drug-likeness (QED) is 0.911. The van der Waals surface area contributed by atoms with Crippen molar-refractivity contribution in [1.29, 1.82) is 0 Å². The molecule has 0 aromatic heterocycles. The van der Waals surface area contributed by atoms with Gasteiger partial charge in [0.25, 0.3) is 0 Å². The Labute approximate surface area is 150 Å². The Morgan fingerprint density at radius 1 is 1.16 bits per heavy atom. The predicted octanol–water partition coefficient (Wildman–Crippen LogP) is 2.92. The first kappa shape index (κ1) is 17.9. The smallest absolute Gasteiger partial charge is 0.239 e. The topological polar surface area (TPSA) is 49.6 Å². The normalized spacial score (nSPS) is 21.0. The van der Waals surface area contributed by atoms with Gasteiger partial charge < -0.3 is 10.6 Å². The maximum atomic E-state index is 12.9. The Balaban J connectivity index is 1.88. The number of hydrogen-bond acceptors (Lipinski definition) is 3. The molecular formula is C21H29N3O. The van der Waals surface area contributed by atoms with Gasteiger partial charge in [-0.2, -0.15) is 0 Å². The van der Waals surface area contributed by atoms with Gasteiger partial charge in [-0.15, -0.1) is 0 Å². The van der Waals surface area contributed by atoms with Crippen molar-refractivity contribution in [2.45, 2.75) is 45.8 Å². The maximum Gasteiger partial charge on any atom is 0.239 e. The van der Waals surface area contributed by atoms with Gasteiger partial charge in [-0.1, -0.05) is 36.4 Å². The van der Waals surface area contributed by atoms with E-state index in [1.807, 2.05) is 18.7 Å². The molecule has 4 heteroatoms. The van der Waals surface area contributed by atoms with Crippen LogP contribution in [0.2, 0.25) is 0 Å². The van der Waals surface area contributed by atoms with Crippen molar-refractivity contribution in [1.82, 2.24) is 9.80 Å². The van der Waals surface area contributed by atoms with Gasteiger partial charge in [-0.25, -0.2) is 0 Å². The van der Waals surface area contributed by atoms with Crippen LogP contribution in [0, 0.1) is 6.92 Å². The van der Waals surface area contributed by atoms with Crippen LogP contribution in [-0.2, 0) is 11.3 Å². The first-order chi connectivity index (χ1) is 12.0. The average molecular weight is 339 g/mol. The van der Waals surface area contributed by atoms with Crippen LogP contribution in [0.5, 0.6) is 0 Å². The second-order valence-electron chi connectivity index (χ2n) is 7.04. The van der Waals surface area contributed by atoms with E-state index in [0.717, 1.165) is 32.6 Å². The minimum Gasteiger partial charge on any atom is -0.342 e. The first-order valence-electron chi connectivity index (χ1n) is 9.30. The number of amides is 1. The summed E-state index contributed by atoms with van der Waals surface area (Å²) < 4.78 is 0. The summed E-state index contributed by atoms with van der Waals surface area (Å²) in [5, 5.41) is 2.56. The highest BCUT2D eigenvalue weighted by molar-refractivity contribution is 5.88. The third-order valence-electron chi connectivity index (χ3n) is 5.40. The van der Waals surface area contributed by atoms with Crippen molar-refractivity contribution in [3.8, 4) is 0 Å². The Hall–Kier alpha value is -1.91. The highest BCUT2D eigenvalue weighted by atomic mass is 16.2. The molecule has 0 aliphatic carbocycles. The van der Waals surface area contributed by atoms with Crippen LogP contribution in [-0.4, -0.2) is 47.4 Å². The van der Waals surface area contributed by atoms with Crippen LogP contribution in [0.1, 0.15) is 31.4 Å². The van der Waals surface area contributed by atoms with Gasteiger partial charge in [0.2, 0.25) is 5.91 Å². The van der Waals surface area contributed by atoms with E-state index in [2.05, 4.69) is 48.2 Å². The Bertz CT molecular complexity index is 754. The summed E-state index contributed by atoms with van der Waals surface area (Å²) in [5.41, 5.74) is 8.77. The molecule has 1 heterocycles. The number of fused-ring (bicyclic) bond motifs is 1. The van der Waals surface area contributed by atoms with Crippen LogP contribution in [0.4, 0.5) is 0 Å². The van der Waals surface area contributed by atoms with Crippen LogP contribution in [0.25, 0.3) is 10.8 Å². The molecular weight excluding hydrogens is 310 g/mol. The number of rotatable bonds is 5. The molecule has 2 aromatic rings. The second kappa shape index (κ2) is 7.54. The van der Waals surface area contributed by atoms with Crippen LogP contribution in [0.3, 0.4) is 0 Å². The number of nitrogens with zero attached hydrogens (tertiary/aromatic N) is 2. The number of aryl methyl sites for hydroxylation is 1. The molecule has 2 atom stereocenters. The minimum absolute atomic E-state index is 0.0706. The van der Waals surface area contributed by atoms with E-state index in [4.69, 9.17) is 5.73 Å². The standard InChI is InChI=1S/C21H29N3O/c1-4-23(5-2)21(25)20-12-17(22)14-24(20)13-16-9-7-10-18-15(3)8-6-11-19(16)18/h6-11,17,20H,4-5,12-14,22H2,1-3H3/t17-,20-/m0/s1. The lowest BCUT2D eigenvalue weighted by molar-refractivity contribution is -0.135. The van der Waals surface area contributed by atoms with Crippen molar-refractivity contribution >= 4 is 16.7 Å². The van der Waals surface area contributed by atoms with Crippen molar-refractivity contribution in [3.05, 3.63) is 47.5 Å². The molecule has 1 fully saturated rings. The molecule has 1 aliphatic heterocycles. The van der Waals surface area contributed by atoms with Gasteiger partial charge in [0, 0.05) is 32.2 Å². The van der Waals surface area contributed by atoms with Crippen LogP contribution in [0.15, 0.2) is 36.4 Å². The summed E-state index contributed by atoms with van der Waals surface area (Å²) in [7, 11) is 0. The number of likely N-dealkylation sites (tertiary alicyclic amines) is 1. The fraction of sp³-hybridized carbons (Fsp3) is 0.476. The summed E-state index contributed by atoms with van der Waals surface area (Å²) >= 11 is 0. The van der Waals surface area contributed by atoms with E-state index in [-0.39, 0.29) is 18.0 Å². The summed E-state index contributed by atoms with van der Waals surface area (Å²) in [6, 6.07) is 12.8. The molecule has 4 nitrogen and oxygen atoms in total. The van der Waals surface area contributed by atoms with Crippen molar-refractivity contribution in [2.75, 3.05) is 19.6 Å². The number of benzene rings is 2. The fourth-order valence-electron chi connectivity index (χ4n) is 4.01. The zero-order chi connectivity index (χ0) is 18.0. The minimum atomic E-state index is -0.102. The van der Waals surface area contributed by atoms with E-state index in [1.54, 1.807) is 0 Å². The SMILES string of the molecule is CCN(CC)C(=O)[C@@H]1C[C@H](N)CN1Cc1cccc2c(C)cccc12. The zero-order valence-corrected chi connectivity index (χ0v) is 15.5. The van der Waals surface area contributed by atoms with Gasteiger partial charge >= 0.3 is 0 Å². The molecule has 25 heavy (non-hydrogen) atoms. The Morgan fingerprint density at radius 3 is 2.56 bits per heavy atom.